The molecule has 37 heavy (non-hydrogen) atoms. The average molecular weight is 539 g/mol. The molecule has 0 radical (unpaired) electrons. The van der Waals surface area contributed by atoms with E-state index >= 15 is 0 Å². The van der Waals surface area contributed by atoms with Gasteiger partial charge < -0.3 is 35.5 Å². The van der Waals surface area contributed by atoms with Crippen LogP contribution in [0.25, 0.3) is 0 Å². The van der Waals surface area contributed by atoms with Gasteiger partial charge in [0.05, 0.1) is 37.7 Å². The number of rotatable bonds is 15. The molecule has 0 aliphatic carbocycles. The van der Waals surface area contributed by atoms with Gasteiger partial charge in [-0.05, 0) is 20.8 Å². The number of alkyl carbamates (subject to hydrolysis) is 1. The Morgan fingerprint density at radius 3 is 2.08 bits per heavy atom. The van der Waals surface area contributed by atoms with E-state index in [1.807, 2.05) is 0 Å². The molecule has 0 aliphatic heterocycles. The first-order chi connectivity index (χ1) is 17.5. The number of ether oxygens (including phenoxy) is 3. The summed E-state index contributed by atoms with van der Waals surface area (Å²) in [6, 6.07) is 8.63. The highest BCUT2D eigenvalue weighted by Crippen LogP contribution is 2.06. The molecule has 3 amide bonds. The second-order valence-electron chi connectivity index (χ2n) is 8.56. The van der Waals surface area contributed by atoms with Gasteiger partial charge >= 0.3 is 12.1 Å². The summed E-state index contributed by atoms with van der Waals surface area (Å²) in [5.74, 6) is -1.95. The minimum absolute atomic E-state index is 0.0315. The molecular weight excluding hydrogens is 504 g/mol. The fourth-order valence-corrected chi connectivity index (χ4v) is 2.70. The lowest BCUT2D eigenvalue weighted by Crippen LogP contribution is -2.43. The molecule has 204 valence electrons. The van der Waals surface area contributed by atoms with Crippen molar-refractivity contribution in [3.8, 4) is 0 Å². The monoisotopic (exact) mass is 538 g/mol. The van der Waals surface area contributed by atoms with Crippen molar-refractivity contribution < 1.29 is 38.2 Å². The van der Waals surface area contributed by atoms with E-state index in [0.29, 0.717) is 5.56 Å². The summed E-state index contributed by atoms with van der Waals surface area (Å²) in [6.45, 7) is 4.85. The van der Waals surface area contributed by atoms with Gasteiger partial charge in [0, 0.05) is 12.1 Å². The van der Waals surface area contributed by atoms with E-state index < -0.39 is 29.5 Å². The number of ketones is 1. The van der Waals surface area contributed by atoms with Crippen LogP contribution < -0.4 is 21.3 Å². The summed E-state index contributed by atoms with van der Waals surface area (Å²) in [5, 5.41) is 9.88. The Balaban J connectivity index is 2.05. The molecule has 0 saturated heterocycles. The summed E-state index contributed by atoms with van der Waals surface area (Å²) < 4.78 is 15.2. The number of esters is 1. The Hall–Kier alpha value is -3.58. The summed E-state index contributed by atoms with van der Waals surface area (Å²) in [5.41, 5.74) is -0.0666. The van der Waals surface area contributed by atoms with E-state index in [9.17, 15) is 24.0 Å². The van der Waals surface area contributed by atoms with Crippen molar-refractivity contribution in [2.24, 2.45) is 0 Å². The van der Waals surface area contributed by atoms with Crippen LogP contribution in [0.5, 0.6) is 0 Å². The molecule has 1 aromatic carbocycles. The molecule has 0 heterocycles. The van der Waals surface area contributed by atoms with Gasteiger partial charge in [-0.2, -0.15) is 0 Å². The van der Waals surface area contributed by atoms with E-state index in [-0.39, 0.29) is 63.2 Å². The molecule has 0 atom stereocenters. The fourth-order valence-electron chi connectivity index (χ4n) is 2.49. The minimum atomic E-state index is -0.676. The lowest BCUT2D eigenvalue weighted by Gasteiger charge is -2.19. The van der Waals surface area contributed by atoms with Crippen molar-refractivity contribution in [2.75, 3.05) is 46.0 Å². The molecule has 13 heteroatoms. The molecule has 0 aliphatic rings. The lowest BCUT2D eigenvalue weighted by atomic mass is 10.1. The van der Waals surface area contributed by atoms with Crippen molar-refractivity contribution in [2.45, 2.75) is 32.8 Å². The second-order valence-corrected chi connectivity index (χ2v) is 9.05. The molecule has 1 rings (SSSR count). The zero-order valence-electron chi connectivity index (χ0n) is 21.2. The normalized spacial score (nSPS) is 10.6. The van der Waals surface area contributed by atoms with Crippen molar-refractivity contribution >= 4 is 46.9 Å². The zero-order chi connectivity index (χ0) is 27.7. The lowest BCUT2D eigenvalue weighted by molar-refractivity contribution is -0.145. The number of carbonyl (C=O) groups is 5. The van der Waals surface area contributed by atoms with Gasteiger partial charge in [0.25, 0.3) is 0 Å². The summed E-state index contributed by atoms with van der Waals surface area (Å²) >= 11 is 5.07. The van der Waals surface area contributed by atoms with Crippen LogP contribution in [-0.4, -0.2) is 86.2 Å². The van der Waals surface area contributed by atoms with E-state index in [1.165, 1.54) is 0 Å². The van der Waals surface area contributed by atoms with Crippen LogP contribution in [0, 0.1) is 0 Å². The quantitative estimate of drug-likeness (QED) is 0.107. The van der Waals surface area contributed by atoms with Crippen LogP contribution in [0.15, 0.2) is 30.3 Å². The molecule has 0 spiro atoms. The van der Waals surface area contributed by atoms with Crippen LogP contribution in [-0.2, 0) is 28.6 Å². The van der Waals surface area contributed by atoms with Gasteiger partial charge in [-0.25, -0.2) is 4.79 Å². The number of Topliss-reactive ketones (excluding diaryl/α,β-unsaturated/α-hetero) is 1. The first kappa shape index (κ1) is 31.4. The number of hydrogen-bond donors (Lipinski definition) is 4. The van der Waals surface area contributed by atoms with Crippen molar-refractivity contribution in [1.82, 2.24) is 21.3 Å². The summed E-state index contributed by atoms with van der Waals surface area (Å²) in [6.07, 6.45) is -0.590. The third-order valence-electron chi connectivity index (χ3n) is 4.14. The van der Waals surface area contributed by atoms with Gasteiger partial charge in [-0.3, -0.25) is 19.2 Å². The summed E-state index contributed by atoms with van der Waals surface area (Å²) in [4.78, 5) is 59.1. The number of thiocarbonyl (C=S) groups is 1. The van der Waals surface area contributed by atoms with Crippen molar-refractivity contribution in [3.05, 3.63) is 35.9 Å². The Labute approximate surface area is 221 Å². The molecular formula is C24H34N4O8S. The fraction of sp³-hybridized carbons (Fsp3) is 0.500. The third kappa shape index (κ3) is 16.7. The first-order valence-corrected chi connectivity index (χ1v) is 12.0. The van der Waals surface area contributed by atoms with Crippen molar-refractivity contribution in [1.29, 1.82) is 0 Å². The molecule has 0 aromatic heterocycles. The molecule has 4 N–H and O–H groups in total. The van der Waals surface area contributed by atoms with Gasteiger partial charge in [0.2, 0.25) is 11.8 Å². The smallest absolute Gasteiger partial charge is 0.407 e. The molecule has 0 saturated carbocycles. The predicted molar refractivity (Wildman–Crippen MR) is 138 cm³/mol. The molecule has 0 unspecified atom stereocenters. The maximum atomic E-state index is 12.1. The Morgan fingerprint density at radius 2 is 1.43 bits per heavy atom. The van der Waals surface area contributed by atoms with E-state index in [2.05, 4.69) is 21.3 Å². The van der Waals surface area contributed by atoms with E-state index in [1.54, 1.807) is 51.1 Å². The highest BCUT2D eigenvalue weighted by molar-refractivity contribution is 7.80. The zero-order valence-corrected chi connectivity index (χ0v) is 22.0. The Bertz CT molecular complexity index is 934. The second kappa shape index (κ2) is 17.0. The number of amides is 3. The predicted octanol–water partition coefficient (Wildman–Crippen LogP) is 0.493. The van der Waals surface area contributed by atoms with Crippen LogP contribution in [0.3, 0.4) is 0 Å². The average Bonchev–Trinajstić information content (AvgIpc) is 2.83. The molecule has 0 fully saturated rings. The molecule has 1 aromatic rings. The first-order valence-electron chi connectivity index (χ1n) is 11.5. The van der Waals surface area contributed by atoms with Crippen LogP contribution in [0.1, 0.15) is 37.6 Å². The SMILES string of the molecule is CC(C)(C)OC(=O)NCCOCCOC(=O)CNC(=O)CNC(=O)CNC(=S)CC(=O)c1ccccc1. The van der Waals surface area contributed by atoms with Gasteiger partial charge in [-0.1, -0.05) is 42.5 Å². The van der Waals surface area contributed by atoms with E-state index in [0.717, 1.165) is 0 Å². The van der Waals surface area contributed by atoms with Crippen LogP contribution in [0.4, 0.5) is 4.79 Å². The highest BCUT2D eigenvalue weighted by Gasteiger charge is 2.15. The van der Waals surface area contributed by atoms with Crippen LogP contribution in [0.2, 0.25) is 0 Å². The number of benzene rings is 1. The maximum absolute atomic E-state index is 12.1. The molecule has 12 nitrogen and oxygen atoms in total. The van der Waals surface area contributed by atoms with Gasteiger partial charge in [0.1, 0.15) is 18.8 Å². The number of nitrogens with one attached hydrogen (secondary N) is 4. The minimum Gasteiger partial charge on any atom is -0.462 e. The van der Waals surface area contributed by atoms with E-state index in [4.69, 9.17) is 26.4 Å². The Morgan fingerprint density at radius 1 is 0.811 bits per heavy atom. The van der Waals surface area contributed by atoms with Crippen molar-refractivity contribution in [3.63, 3.8) is 0 Å². The standard InChI is InChI=1S/C24H34N4O8S/c1-24(2,3)36-23(33)25-9-10-34-11-12-35-22(32)16-27-19(30)14-26-20(31)15-28-21(37)13-18(29)17-7-5-4-6-8-17/h4-8H,9-16H2,1-3H3,(H,25,33)(H,26,31)(H,27,30)(H,28,37). The van der Waals surface area contributed by atoms with Gasteiger partial charge in [0.15, 0.2) is 5.78 Å². The highest BCUT2D eigenvalue weighted by atomic mass is 32.1. The summed E-state index contributed by atoms with van der Waals surface area (Å²) in [7, 11) is 0. The third-order valence-corrected chi connectivity index (χ3v) is 4.43. The maximum Gasteiger partial charge on any atom is 0.407 e. The van der Waals surface area contributed by atoms with Gasteiger partial charge in [-0.15, -0.1) is 0 Å². The van der Waals surface area contributed by atoms with Crippen LogP contribution >= 0.6 is 12.2 Å². The number of hydrogen-bond acceptors (Lipinski definition) is 9. The topological polar surface area (TPSA) is 161 Å². The number of carbonyl (C=O) groups excluding carboxylic acids is 5. The molecule has 0 bridgehead atoms. The largest absolute Gasteiger partial charge is 0.462 e. The Kier molecular flexibility index (Phi) is 14.4.